The molecule has 0 unspecified atom stereocenters. The van der Waals surface area contributed by atoms with Crippen LogP contribution in [0, 0.1) is 0 Å². The van der Waals surface area contributed by atoms with Crippen molar-refractivity contribution in [2.24, 2.45) is 0 Å². The molecule has 3 N–H and O–H groups in total. The Bertz CT molecular complexity index is 1090. The molecule has 6 nitrogen and oxygen atoms in total. The van der Waals surface area contributed by atoms with Gasteiger partial charge in [0.2, 0.25) is 5.56 Å². The van der Waals surface area contributed by atoms with Gasteiger partial charge in [-0.3, -0.25) is 9.59 Å². The van der Waals surface area contributed by atoms with Crippen molar-refractivity contribution < 1.29 is 4.79 Å². The number of para-hydroxylation sites is 3. The molecule has 2 heterocycles. The van der Waals surface area contributed by atoms with E-state index in [1.165, 1.54) is 6.07 Å². The van der Waals surface area contributed by atoms with Gasteiger partial charge in [-0.05, 0) is 18.2 Å². The van der Waals surface area contributed by atoms with Crippen molar-refractivity contribution in [1.29, 1.82) is 0 Å². The van der Waals surface area contributed by atoms with Crippen LogP contribution < -0.4 is 10.9 Å². The number of imidazole rings is 1. The van der Waals surface area contributed by atoms with E-state index in [4.69, 9.17) is 0 Å². The average Bonchev–Trinajstić information content (AvgIpc) is 3.03. The minimum atomic E-state index is -0.291. The zero-order valence-corrected chi connectivity index (χ0v) is 13.4. The van der Waals surface area contributed by atoms with Gasteiger partial charge in [0.15, 0.2) is 0 Å². The third-order valence-corrected chi connectivity index (χ3v) is 4.08. The number of amides is 1. The van der Waals surface area contributed by atoms with Gasteiger partial charge in [-0.2, -0.15) is 0 Å². The summed E-state index contributed by atoms with van der Waals surface area (Å²) >= 11 is 0. The molecule has 4 rings (SSSR count). The van der Waals surface area contributed by atoms with Gasteiger partial charge in [-0.15, -0.1) is 0 Å². The molecule has 124 valence electrons. The van der Waals surface area contributed by atoms with Gasteiger partial charge in [-0.25, -0.2) is 4.98 Å². The van der Waals surface area contributed by atoms with E-state index < -0.39 is 0 Å². The zero-order valence-electron chi connectivity index (χ0n) is 13.4. The second-order valence-corrected chi connectivity index (χ2v) is 5.80. The second-order valence-electron chi connectivity index (χ2n) is 5.80. The molecule has 1 amide bonds. The van der Waals surface area contributed by atoms with Crippen LogP contribution >= 0.6 is 0 Å². The minimum absolute atomic E-state index is 0.265. The number of carbonyl (C=O) groups excluding carboxylic acids is 1. The lowest BCUT2D eigenvalue weighted by atomic mass is 10.1. The van der Waals surface area contributed by atoms with E-state index in [9.17, 15) is 9.59 Å². The summed E-state index contributed by atoms with van der Waals surface area (Å²) in [6, 6.07) is 16.4. The van der Waals surface area contributed by atoms with Gasteiger partial charge in [0.25, 0.3) is 5.91 Å². The Morgan fingerprint density at radius 1 is 1.00 bits per heavy atom. The summed E-state index contributed by atoms with van der Waals surface area (Å²) in [5.41, 5.74) is 2.62. The Morgan fingerprint density at radius 3 is 2.60 bits per heavy atom. The number of pyridine rings is 1. The first-order chi connectivity index (χ1) is 12.2. The van der Waals surface area contributed by atoms with E-state index >= 15 is 0 Å². The molecule has 6 heteroatoms. The molecule has 0 spiro atoms. The molecule has 0 aliphatic heterocycles. The number of nitrogens with one attached hydrogen (secondary N) is 3. The van der Waals surface area contributed by atoms with E-state index in [1.807, 2.05) is 42.5 Å². The molecule has 4 aromatic rings. The van der Waals surface area contributed by atoms with Crippen LogP contribution in [0.4, 0.5) is 0 Å². The molecule has 0 aliphatic carbocycles. The maximum absolute atomic E-state index is 12.5. The highest BCUT2D eigenvalue weighted by atomic mass is 16.2. The van der Waals surface area contributed by atoms with Gasteiger partial charge in [0.1, 0.15) is 5.82 Å². The fourth-order valence-electron chi connectivity index (χ4n) is 2.91. The quantitative estimate of drug-likeness (QED) is 0.536. The number of aromatic amines is 2. The summed E-state index contributed by atoms with van der Waals surface area (Å²) in [5, 5.41) is 3.58. The SMILES string of the molecule is O=C(NCCc1nc2ccccc2[nH]1)c1cc(=O)[nH]c2ccccc12. The molecule has 0 radical (unpaired) electrons. The highest BCUT2D eigenvalue weighted by molar-refractivity contribution is 6.05. The fourth-order valence-corrected chi connectivity index (χ4v) is 2.91. The molecule has 25 heavy (non-hydrogen) atoms. The smallest absolute Gasteiger partial charge is 0.252 e. The first-order valence-electron chi connectivity index (χ1n) is 8.04. The van der Waals surface area contributed by atoms with Crippen LogP contribution in [0.5, 0.6) is 0 Å². The van der Waals surface area contributed by atoms with Crippen molar-refractivity contribution in [3.05, 3.63) is 76.3 Å². The first kappa shape index (κ1) is 15.1. The third-order valence-electron chi connectivity index (χ3n) is 4.08. The fraction of sp³-hybridized carbons (Fsp3) is 0.105. The van der Waals surface area contributed by atoms with Crippen LogP contribution in [-0.4, -0.2) is 27.4 Å². The van der Waals surface area contributed by atoms with E-state index in [0.29, 0.717) is 24.0 Å². The van der Waals surface area contributed by atoms with Crippen molar-refractivity contribution in [3.63, 3.8) is 0 Å². The van der Waals surface area contributed by atoms with Crippen molar-refractivity contribution in [3.8, 4) is 0 Å². The van der Waals surface area contributed by atoms with Crippen LogP contribution in [-0.2, 0) is 6.42 Å². The lowest BCUT2D eigenvalue weighted by Gasteiger charge is -2.07. The van der Waals surface area contributed by atoms with E-state index in [1.54, 1.807) is 6.07 Å². The van der Waals surface area contributed by atoms with Crippen LogP contribution in [0.1, 0.15) is 16.2 Å². The summed E-state index contributed by atoms with van der Waals surface area (Å²) < 4.78 is 0. The number of nitrogens with zero attached hydrogens (tertiary/aromatic N) is 1. The highest BCUT2D eigenvalue weighted by Gasteiger charge is 2.11. The molecular formula is C19H16N4O2. The first-order valence-corrected chi connectivity index (χ1v) is 8.04. The van der Waals surface area contributed by atoms with Crippen LogP contribution in [0.3, 0.4) is 0 Å². The summed E-state index contributed by atoms with van der Waals surface area (Å²) in [6.07, 6.45) is 0.585. The molecule has 0 aliphatic rings. The van der Waals surface area contributed by atoms with Crippen molar-refractivity contribution in [1.82, 2.24) is 20.3 Å². The van der Waals surface area contributed by atoms with E-state index in [-0.39, 0.29) is 11.5 Å². The lowest BCUT2D eigenvalue weighted by molar-refractivity contribution is 0.0955. The average molecular weight is 332 g/mol. The predicted molar refractivity (Wildman–Crippen MR) is 96.7 cm³/mol. The number of rotatable bonds is 4. The standard InChI is InChI=1S/C19H16N4O2/c24-18-11-13(12-5-1-2-6-14(12)23-18)19(25)20-10-9-17-21-15-7-3-4-8-16(15)22-17/h1-8,11H,9-10H2,(H,20,25)(H,21,22)(H,23,24). The normalized spacial score (nSPS) is 11.0. The van der Waals surface area contributed by atoms with E-state index in [0.717, 1.165) is 22.2 Å². The topological polar surface area (TPSA) is 90.6 Å². The largest absolute Gasteiger partial charge is 0.352 e. The Kier molecular flexibility index (Phi) is 3.78. The molecule has 0 bridgehead atoms. The third kappa shape index (κ3) is 3.01. The highest BCUT2D eigenvalue weighted by Crippen LogP contribution is 2.14. The Labute approximate surface area is 142 Å². The number of carbonyl (C=O) groups is 1. The van der Waals surface area contributed by atoms with Gasteiger partial charge >= 0.3 is 0 Å². The number of hydrogen-bond donors (Lipinski definition) is 3. The molecule has 0 atom stereocenters. The lowest BCUT2D eigenvalue weighted by Crippen LogP contribution is -2.27. The number of benzene rings is 2. The predicted octanol–water partition coefficient (Wildman–Crippen LogP) is 2.38. The zero-order chi connectivity index (χ0) is 17.2. The van der Waals surface area contributed by atoms with Gasteiger partial charge in [0, 0.05) is 29.9 Å². The molecule has 0 saturated carbocycles. The molecular weight excluding hydrogens is 316 g/mol. The summed E-state index contributed by atoms with van der Waals surface area (Å²) in [6.45, 7) is 0.430. The summed E-state index contributed by atoms with van der Waals surface area (Å²) in [4.78, 5) is 34.7. The van der Waals surface area contributed by atoms with Crippen molar-refractivity contribution in [2.75, 3.05) is 6.54 Å². The minimum Gasteiger partial charge on any atom is -0.352 e. The van der Waals surface area contributed by atoms with Gasteiger partial charge < -0.3 is 15.3 Å². The molecule has 2 aromatic carbocycles. The summed E-state index contributed by atoms with van der Waals surface area (Å²) in [7, 11) is 0. The van der Waals surface area contributed by atoms with Crippen molar-refractivity contribution in [2.45, 2.75) is 6.42 Å². The Morgan fingerprint density at radius 2 is 1.76 bits per heavy atom. The maximum Gasteiger partial charge on any atom is 0.252 e. The molecule has 2 aromatic heterocycles. The Hall–Kier alpha value is -3.41. The number of H-pyrrole nitrogens is 2. The van der Waals surface area contributed by atoms with Crippen LogP contribution in [0.25, 0.3) is 21.9 Å². The molecule has 0 fully saturated rings. The summed E-state index contributed by atoms with van der Waals surface area (Å²) in [5.74, 6) is 0.552. The molecule has 0 saturated heterocycles. The number of aromatic nitrogens is 3. The Balaban J connectivity index is 1.50. The monoisotopic (exact) mass is 332 g/mol. The van der Waals surface area contributed by atoms with Crippen molar-refractivity contribution >= 4 is 27.8 Å². The van der Waals surface area contributed by atoms with E-state index in [2.05, 4.69) is 20.3 Å². The maximum atomic E-state index is 12.5. The van der Waals surface area contributed by atoms with Gasteiger partial charge in [0.05, 0.1) is 16.6 Å². The number of fused-ring (bicyclic) bond motifs is 2. The van der Waals surface area contributed by atoms with Gasteiger partial charge in [-0.1, -0.05) is 30.3 Å². The van der Waals surface area contributed by atoms with Crippen LogP contribution in [0.2, 0.25) is 0 Å². The second kappa shape index (κ2) is 6.24. The number of hydrogen-bond acceptors (Lipinski definition) is 3. The van der Waals surface area contributed by atoms with Crippen LogP contribution in [0.15, 0.2) is 59.4 Å².